The van der Waals surface area contributed by atoms with Crippen molar-refractivity contribution >= 4 is 6.21 Å². The monoisotopic (exact) mass is 258 g/mol. The first-order chi connectivity index (χ1) is 8.47. The Hall–Kier alpha value is -2.35. The zero-order valence-electron chi connectivity index (χ0n) is 9.87. The van der Waals surface area contributed by atoms with Crippen LogP contribution in [0.3, 0.4) is 0 Å². The summed E-state index contributed by atoms with van der Waals surface area (Å²) in [5, 5.41) is 9.26. The largest absolute Gasteiger partial charge is 0.383 e. The van der Waals surface area contributed by atoms with Crippen LogP contribution >= 0.6 is 0 Å². The summed E-state index contributed by atoms with van der Waals surface area (Å²) in [6.07, 6.45) is 3.66. The van der Waals surface area contributed by atoms with E-state index in [1.807, 2.05) is 0 Å². The number of nitrogens with zero attached hydrogens (tertiary/aromatic N) is 1. The third kappa shape index (κ3) is 4.66. The van der Waals surface area contributed by atoms with Crippen LogP contribution < -0.4 is 22.3 Å². The van der Waals surface area contributed by atoms with Gasteiger partial charge in [-0.25, -0.2) is 8.78 Å². The average Bonchev–Trinajstić information content (AvgIpc) is 2.40. The highest BCUT2D eigenvalue weighted by atomic mass is 19.1. The number of rotatable bonds is 7. The van der Waals surface area contributed by atoms with Crippen molar-refractivity contribution in [3.8, 4) is 0 Å². The fraction of sp³-hybridized carbons (Fsp3) is 0.100. The van der Waals surface area contributed by atoms with Crippen LogP contribution in [0.15, 0.2) is 48.4 Å². The van der Waals surface area contributed by atoms with Crippen molar-refractivity contribution < 1.29 is 8.78 Å². The Bertz CT molecular complexity index is 399. The highest BCUT2D eigenvalue weighted by molar-refractivity contribution is 5.73. The van der Waals surface area contributed by atoms with E-state index in [1.54, 1.807) is 0 Å². The van der Waals surface area contributed by atoms with Gasteiger partial charge >= 0.3 is 0 Å². The summed E-state index contributed by atoms with van der Waals surface area (Å²) < 4.78 is 26.0. The van der Waals surface area contributed by atoms with Crippen molar-refractivity contribution in [1.82, 2.24) is 15.6 Å². The van der Waals surface area contributed by atoms with Gasteiger partial charge in [-0.1, -0.05) is 6.58 Å². The Morgan fingerprint density at radius 2 is 2.00 bits per heavy atom. The maximum atomic E-state index is 13.1. The molecule has 0 aliphatic rings. The molecule has 0 aromatic heterocycles. The number of hydrazine groups is 1. The Morgan fingerprint density at radius 3 is 2.44 bits per heavy atom. The summed E-state index contributed by atoms with van der Waals surface area (Å²) in [5.74, 6) is 3.38. The first-order valence-corrected chi connectivity index (χ1v) is 4.78. The van der Waals surface area contributed by atoms with E-state index in [0.29, 0.717) is 6.21 Å². The van der Waals surface area contributed by atoms with Crippen molar-refractivity contribution in [3.05, 3.63) is 48.4 Å². The predicted octanol–water partition coefficient (Wildman–Crippen LogP) is 0.514. The van der Waals surface area contributed by atoms with Gasteiger partial charge in [0.05, 0.1) is 12.4 Å². The first-order valence-electron chi connectivity index (χ1n) is 4.78. The molecule has 0 heterocycles. The molecule has 0 atom stereocenters. The quantitative estimate of drug-likeness (QED) is 0.198. The molecule has 0 bridgehead atoms. The smallest absolute Gasteiger partial charge is 0.180 e. The van der Waals surface area contributed by atoms with E-state index < -0.39 is 11.7 Å². The highest BCUT2D eigenvalue weighted by Gasteiger charge is 2.10. The zero-order valence-corrected chi connectivity index (χ0v) is 9.87. The lowest BCUT2D eigenvalue weighted by molar-refractivity contribution is 0.454. The van der Waals surface area contributed by atoms with Crippen LogP contribution in [0.4, 0.5) is 8.78 Å². The first kappa shape index (κ1) is 15.7. The third-order valence-corrected chi connectivity index (χ3v) is 1.87. The zero-order chi connectivity index (χ0) is 14.1. The number of halogens is 2. The Labute approximate surface area is 104 Å². The van der Waals surface area contributed by atoms with E-state index in [0.717, 1.165) is 17.2 Å². The van der Waals surface area contributed by atoms with Gasteiger partial charge in [0.2, 0.25) is 0 Å². The van der Waals surface area contributed by atoms with Crippen LogP contribution in [-0.2, 0) is 0 Å². The molecule has 6 nitrogen and oxygen atoms in total. The van der Waals surface area contributed by atoms with E-state index in [9.17, 15) is 8.78 Å². The molecule has 0 rings (SSSR count). The topological polar surface area (TPSA) is 103 Å². The molecule has 0 spiro atoms. The third-order valence-electron chi connectivity index (χ3n) is 1.87. The molecule has 0 aliphatic carbocycles. The highest BCUT2D eigenvalue weighted by Crippen LogP contribution is 2.08. The van der Waals surface area contributed by atoms with E-state index >= 15 is 0 Å². The number of hydrogen-bond acceptors (Lipinski definition) is 6. The molecule has 0 aromatic carbocycles. The molecule has 0 saturated carbocycles. The van der Waals surface area contributed by atoms with E-state index in [1.165, 1.54) is 13.2 Å². The van der Waals surface area contributed by atoms with Crippen molar-refractivity contribution in [2.45, 2.75) is 0 Å². The average molecular weight is 258 g/mol. The van der Waals surface area contributed by atoms with Crippen molar-refractivity contribution in [2.24, 2.45) is 11.6 Å². The van der Waals surface area contributed by atoms with Gasteiger partial charge in [0.1, 0.15) is 17.5 Å². The van der Waals surface area contributed by atoms with Gasteiger partial charge in [0.25, 0.3) is 0 Å². The van der Waals surface area contributed by atoms with Gasteiger partial charge in [0, 0.05) is 13.2 Å². The second-order valence-electron chi connectivity index (χ2n) is 3.01. The second kappa shape index (κ2) is 7.85. The van der Waals surface area contributed by atoms with Crippen LogP contribution in [0.5, 0.6) is 0 Å². The molecule has 0 amide bonds. The van der Waals surface area contributed by atoms with Crippen LogP contribution in [0, 0.1) is 5.41 Å². The molecule has 100 valence electrons. The molecule has 8 heteroatoms. The molecular weight excluding hydrogens is 242 g/mol. The second-order valence-corrected chi connectivity index (χ2v) is 3.01. The SMILES string of the molecule is C=C/C(F)=C\N/C(=C\NN)N(C)/C(N)=C(/F)C=N. The predicted molar refractivity (Wildman–Crippen MR) is 66.8 cm³/mol. The molecule has 0 aliphatic heterocycles. The summed E-state index contributed by atoms with van der Waals surface area (Å²) in [6, 6.07) is 0. The minimum atomic E-state index is -0.935. The van der Waals surface area contributed by atoms with Gasteiger partial charge in [0.15, 0.2) is 5.83 Å². The summed E-state index contributed by atoms with van der Waals surface area (Å²) in [5.41, 5.74) is 7.64. The molecule has 7 N–H and O–H groups in total. The Balaban J connectivity index is 5.09. The Morgan fingerprint density at radius 1 is 1.39 bits per heavy atom. The van der Waals surface area contributed by atoms with Crippen LogP contribution in [-0.4, -0.2) is 18.2 Å². The molecular formula is C10H16F2N6. The van der Waals surface area contributed by atoms with Gasteiger partial charge in [-0.3, -0.25) is 5.84 Å². The normalized spacial score (nSPS) is 13.6. The number of allylic oxidation sites excluding steroid dienone is 3. The molecule has 0 radical (unpaired) electrons. The maximum absolute atomic E-state index is 13.1. The lowest BCUT2D eigenvalue weighted by Gasteiger charge is -2.22. The van der Waals surface area contributed by atoms with Gasteiger partial charge in [-0.05, 0) is 6.08 Å². The lowest BCUT2D eigenvalue weighted by Crippen LogP contribution is -2.32. The number of nitrogens with two attached hydrogens (primary N) is 2. The maximum Gasteiger partial charge on any atom is 0.180 e. The standard InChI is InChI=1S/C10H16F2N6/c1-3-7(11)5-16-9(6-17-15)18(2)10(14)8(12)4-13/h3-6,13,16-17H,1,14-15H2,2H3/b7-5+,9-6+,10-8+,13-4?. The van der Waals surface area contributed by atoms with E-state index in [4.69, 9.17) is 17.0 Å². The number of hydrogen-bond donors (Lipinski definition) is 5. The molecule has 0 saturated heterocycles. The summed E-state index contributed by atoms with van der Waals surface area (Å²) >= 11 is 0. The molecule has 18 heavy (non-hydrogen) atoms. The lowest BCUT2D eigenvalue weighted by atomic mass is 10.4. The van der Waals surface area contributed by atoms with Crippen LogP contribution in [0.2, 0.25) is 0 Å². The van der Waals surface area contributed by atoms with Crippen molar-refractivity contribution in [2.75, 3.05) is 7.05 Å². The van der Waals surface area contributed by atoms with E-state index in [-0.39, 0.29) is 11.6 Å². The molecule has 0 fully saturated rings. The Kier molecular flexibility index (Phi) is 6.82. The summed E-state index contributed by atoms with van der Waals surface area (Å²) in [7, 11) is 1.41. The minimum absolute atomic E-state index is 0.170. The fourth-order valence-corrected chi connectivity index (χ4v) is 0.880. The van der Waals surface area contributed by atoms with Gasteiger partial charge in [-0.2, -0.15) is 0 Å². The summed E-state index contributed by atoms with van der Waals surface area (Å²) in [6.45, 7) is 3.23. The van der Waals surface area contributed by atoms with Crippen LogP contribution in [0.25, 0.3) is 0 Å². The van der Waals surface area contributed by atoms with Crippen molar-refractivity contribution in [1.29, 1.82) is 5.41 Å². The van der Waals surface area contributed by atoms with E-state index in [2.05, 4.69) is 17.3 Å². The fourth-order valence-electron chi connectivity index (χ4n) is 0.880. The van der Waals surface area contributed by atoms with Crippen molar-refractivity contribution in [3.63, 3.8) is 0 Å². The van der Waals surface area contributed by atoms with Crippen LogP contribution in [0.1, 0.15) is 0 Å². The van der Waals surface area contributed by atoms with Gasteiger partial charge < -0.3 is 26.8 Å². The molecule has 0 aromatic rings. The van der Waals surface area contributed by atoms with Gasteiger partial charge in [-0.15, -0.1) is 0 Å². The minimum Gasteiger partial charge on any atom is -0.383 e. The molecule has 0 unspecified atom stereocenters. The summed E-state index contributed by atoms with van der Waals surface area (Å²) in [4.78, 5) is 1.15. The number of nitrogens with one attached hydrogen (secondary N) is 3.